The molecule has 0 aliphatic rings. The van der Waals surface area contributed by atoms with Crippen LogP contribution in [0.5, 0.6) is 0 Å². The first-order valence-corrected chi connectivity index (χ1v) is 6.20. The van der Waals surface area contributed by atoms with Crippen LogP contribution in [-0.4, -0.2) is 11.2 Å². The lowest BCUT2D eigenvalue weighted by atomic mass is 10.0. The van der Waals surface area contributed by atoms with Crippen molar-refractivity contribution in [3.05, 3.63) is 21.9 Å². The average Bonchev–Trinajstić information content (AvgIpc) is 2.61. The molecule has 80 valence electrons. The molecule has 1 rings (SSSR count). The molecule has 0 radical (unpaired) electrons. The summed E-state index contributed by atoms with van der Waals surface area (Å²) in [6.45, 7) is 6.31. The molecule has 0 saturated heterocycles. The Balaban J connectivity index is 2.37. The minimum Gasteiger partial charge on any atom is -0.393 e. The van der Waals surface area contributed by atoms with Gasteiger partial charge in [-0.3, -0.25) is 0 Å². The summed E-state index contributed by atoms with van der Waals surface area (Å²) < 4.78 is 0. The van der Waals surface area contributed by atoms with E-state index in [4.69, 9.17) is 0 Å². The molecule has 0 bridgehead atoms. The van der Waals surface area contributed by atoms with Crippen LogP contribution in [0, 0.1) is 5.92 Å². The monoisotopic (exact) mass is 212 g/mol. The molecule has 1 aromatic heterocycles. The Bertz CT molecular complexity index is 265. The highest BCUT2D eigenvalue weighted by Crippen LogP contribution is 2.20. The Morgan fingerprint density at radius 3 is 2.43 bits per heavy atom. The lowest BCUT2D eigenvalue weighted by Crippen LogP contribution is -2.14. The highest BCUT2D eigenvalue weighted by Gasteiger charge is 2.09. The molecule has 1 aromatic rings. The number of thiophene rings is 1. The van der Waals surface area contributed by atoms with Gasteiger partial charge >= 0.3 is 0 Å². The third-order valence-corrected chi connectivity index (χ3v) is 3.81. The largest absolute Gasteiger partial charge is 0.393 e. The molecule has 1 atom stereocenters. The second-order valence-electron chi connectivity index (χ2n) is 4.07. The number of hydrogen-bond donors (Lipinski definition) is 1. The molecule has 1 heterocycles. The highest BCUT2D eigenvalue weighted by molar-refractivity contribution is 7.11. The Labute approximate surface area is 90.8 Å². The third kappa shape index (κ3) is 3.43. The number of hydrogen-bond acceptors (Lipinski definition) is 2. The fraction of sp³-hybridized carbons (Fsp3) is 0.667. The highest BCUT2D eigenvalue weighted by atomic mass is 32.1. The van der Waals surface area contributed by atoms with Crippen molar-refractivity contribution in [1.29, 1.82) is 0 Å². The Morgan fingerprint density at radius 1 is 1.29 bits per heavy atom. The summed E-state index contributed by atoms with van der Waals surface area (Å²) in [5.74, 6) is 0.376. The van der Waals surface area contributed by atoms with Crippen LogP contribution in [0.2, 0.25) is 0 Å². The van der Waals surface area contributed by atoms with Gasteiger partial charge in [-0.15, -0.1) is 11.3 Å². The Kier molecular flexibility index (Phi) is 4.63. The number of aryl methyl sites for hydroxylation is 2. The Hall–Kier alpha value is -0.340. The van der Waals surface area contributed by atoms with E-state index in [0.717, 1.165) is 19.3 Å². The minimum absolute atomic E-state index is 0.151. The van der Waals surface area contributed by atoms with Crippen LogP contribution in [0.4, 0.5) is 0 Å². The fourth-order valence-corrected chi connectivity index (χ4v) is 2.34. The van der Waals surface area contributed by atoms with Gasteiger partial charge in [0.15, 0.2) is 0 Å². The van der Waals surface area contributed by atoms with Crippen molar-refractivity contribution < 1.29 is 5.11 Å². The zero-order valence-electron chi connectivity index (χ0n) is 9.29. The van der Waals surface area contributed by atoms with E-state index in [2.05, 4.69) is 32.9 Å². The molecule has 0 aromatic carbocycles. The maximum Gasteiger partial charge on any atom is 0.0566 e. The molecule has 0 aliphatic carbocycles. The molecule has 0 aliphatic heterocycles. The second-order valence-corrected chi connectivity index (χ2v) is 5.32. The first kappa shape index (κ1) is 11.7. The van der Waals surface area contributed by atoms with Crippen molar-refractivity contribution in [1.82, 2.24) is 0 Å². The van der Waals surface area contributed by atoms with Gasteiger partial charge in [0.25, 0.3) is 0 Å². The number of aliphatic hydroxyl groups is 1. The SMILES string of the molecule is CCc1ccc(CCC(O)C(C)C)s1. The number of aliphatic hydroxyl groups excluding tert-OH is 1. The van der Waals surface area contributed by atoms with E-state index in [0.29, 0.717) is 5.92 Å². The van der Waals surface area contributed by atoms with Gasteiger partial charge in [-0.25, -0.2) is 0 Å². The van der Waals surface area contributed by atoms with Gasteiger partial charge in [-0.2, -0.15) is 0 Å². The average molecular weight is 212 g/mol. The topological polar surface area (TPSA) is 20.2 Å². The van der Waals surface area contributed by atoms with E-state index >= 15 is 0 Å². The minimum atomic E-state index is -0.151. The zero-order chi connectivity index (χ0) is 10.6. The van der Waals surface area contributed by atoms with Gasteiger partial charge in [0.2, 0.25) is 0 Å². The second kappa shape index (κ2) is 5.52. The van der Waals surface area contributed by atoms with Gasteiger partial charge in [-0.05, 0) is 37.3 Å². The van der Waals surface area contributed by atoms with E-state index in [-0.39, 0.29) is 6.10 Å². The van der Waals surface area contributed by atoms with Crippen LogP contribution >= 0.6 is 11.3 Å². The molecule has 0 amide bonds. The quantitative estimate of drug-likeness (QED) is 0.794. The van der Waals surface area contributed by atoms with Crippen molar-refractivity contribution in [2.24, 2.45) is 5.92 Å². The van der Waals surface area contributed by atoms with E-state index in [1.54, 1.807) is 0 Å². The molecule has 1 unspecified atom stereocenters. The van der Waals surface area contributed by atoms with Crippen molar-refractivity contribution in [2.45, 2.75) is 46.1 Å². The van der Waals surface area contributed by atoms with E-state index in [1.165, 1.54) is 9.75 Å². The predicted octanol–water partition coefficient (Wildman–Crippen LogP) is 3.26. The fourth-order valence-electron chi connectivity index (χ4n) is 1.37. The van der Waals surface area contributed by atoms with Gasteiger partial charge in [0.1, 0.15) is 0 Å². The summed E-state index contributed by atoms with van der Waals surface area (Å²) in [7, 11) is 0. The predicted molar refractivity (Wildman–Crippen MR) is 62.9 cm³/mol. The van der Waals surface area contributed by atoms with Gasteiger partial charge in [0.05, 0.1) is 6.10 Å². The third-order valence-electron chi connectivity index (χ3n) is 2.52. The first-order valence-electron chi connectivity index (χ1n) is 5.39. The van der Waals surface area contributed by atoms with Crippen molar-refractivity contribution >= 4 is 11.3 Å². The molecule has 1 nitrogen and oxygen atoms in total. The van der Waals surface area contributed by atoms with Gasteiger partial charge < -0.3 is 5.11 Å². The first-order chi connectivity index (χ1) is 6.63. The van der Waals surface area contributed by atoms with Crippen LogP contribution in [-0.2, 0) is 12.8 Å². The molecular weight excluding hydrogens is 192 g/mol. The zero-order valence-corrected chi connectivity index (χ0v) is 10.1. The van der Waals surface area contributed by atoms with Crippen LogP contribution in [0.15, 0.2) is 12.1 Å². The molecule has 1 N–H and O–H groups in total. The maximum atomic E-state index is 9.66. The van der Waals surface area contributed by atoms with Crippen LogP contribution in [0.3, 0.4) is 0 Å². The van der Waals surface area contributed by atoms with Gasteiger partial charge in [0, 0.05) is 9.75 Å². The molecule has 14 heavy (non-hydrogen) atoms. The number of rotatable bonds is 5. The lowest BCUT2D eigenvalue weighted by Gasteiger charge is -2.12. The van der Waals surface area contributed by atoms with Crippen LogP contribution in [0.1, 0.15) is 36.9 Å². The summed E-state index contributed by atoms with van der Waals surface area (Å²) >= 11 is 1.88. The summed E-state index contributed by atoms with van der Waals surface area (Å²) in [4.78, 5) is 2.85. The normalized spacial score (nSPS) is 13.5. The van der Waals surface area contributed by atoms with Crippen molar-refractivity contribution in [3.8, 4) is 0 Å². The molecular formula is C12H20OS. The standard InChI is InChI=1S/C12H20OS/c1-4-10-5-6-11(14-10)7-8-12(13)9(2)3/h5-6,9,12-13H,4,7-8H2,1-3H3. The maximum absolute atomic E-state index is 9.66. The van der Waals surface area contributed by atoms with E-state index < -0.39 is 0 Å². The van der Waals surface area contributed by atoms with Crippen LogP contribution in [0.25, 0.3) is 0 Å². The summed E-state index contributed by atoms with van der Waals surface area (Å²) in [6.07, 6.45) is 2.88. The summed E-state index contributed by atoms with van der Waals surface area (Å²) in [5.41, 5.74) is 0. The summed E-state index contributed by atoms with van der Waals surface area (Å²) in [5, 5.41) is 9.66. The van der Waals surface area contributed by atoms with Crippen LogP contribution < -0.4 is 0 Å². The molecule has 0 saturated carbocycles. The molecule has 2 heteroatoms. The smallest absolute Gasteiger partial charge is 0.0566 e. The van der Waals surface area contributed by atoms with E-state index in [9.17, 15) is 5.11 Å². The summed E-state index contributed by atoms with van der Waals surface area (Å²) in [6, 6.07) is 4.39. The van der Waals surface area contributed by atoms with Crippen molar-refractivity contribution in [3.63, 3.8) is 0 Å². The Morgan fingerprint density at radius 2 is 1.93 bits per heavy atom. The van der Waals surface area contributed by atoms with Crippen molar-refractivity contribution in [2.75, 3.05) is 0 Å². The van der Waals surface area contributed by atoms with Gasteiger partial charge in [-0.1, -0.05) is 20.8 Å². The molecule has 0 spiro atoms. The van der Waals surface area contributed by atoms with E-state index in [1.807, 2.05) is 11.3 Å². The lowest BCUT2D eigenvalue weighted by molar-refractivity contribution is 0.117. The molecule has 0 fully saturated rings.